The highest BCUT2D eigenvalue weighted by Gasteiger charge is 2.23. The Labute approximate surface area is 292 Å². The molecular formula is C48H34N2. The fraction of sp³-hybridized carbons (Fsp3) is 0. The van der Waals surface area contributed by atoms with Gasteiger partial charge in [-0.2, -0.15) is 0 Å². The van der Waals surface area contributed by atoms with Crippen molar-refractivity contribution < 1.29 is 0 Å². The Morgan fingerprint density at radius 3 is 1.58 bits per heavy atom. The van der Waals surface area contributed by atoms with E-state index in [2.05, 4.69) is 216 Å². The molecule has 0 N–H and O–H groups in total. The number of rotatable bonds is 7. The molecule has 0 fully saturated rings. The Bertz CT molecular complexity index is 2550. The molecule has 0 saturated heterocycles. The van der Waals surface area contributed by atoms with Crippen LogP contribution < -0.4 is 4.90 Å². The SMILES string of the molecule is c1ccc(-c2ccc(N(c3cccc(-c4ccccc4)c3)c3cccc4c5c(-c6ccccc6)cccc5n(-c5ccccc5)c34)cc2)cc1. The third-order valence-electron chi connectivity index (χ3n) is 9.58. The highest BCUT2D eigenvalue weighted by molar-refractivity contribution is 6.19. The number of anilines is 3. The molecule has 9 rings (SSSR count). The van der Waals surface area contributed by atoms with Gasteiger partial charge in [-0.05, 0) is 81.9 Å². The summed E-state index contributed by atoms with van der Waals surface area (Å²) in [7, 11) is 0. The van der Waals surface area contributed by atoms with Crippen LogP contribution in [0, 0.1) is 0 Å². The summed E-state index contributed by atoms with van der Waals surface area (Å²) in [6.45, 7) is 0. The van der Waals surface area contributed by atoms with Gasteiger partial charge in [0.25, 0.3) is 0 Å². The molecule has 0 radical (unpaired) electrons. The third kappa shape index (κ3) is 5.24. The average molecular weight is 639 g/mol. The van der Waals surface area contributed by atoms with Crippen LogP contribution in [0.5, 0.6) is 0 Å². The van der Waals surface area contributed by atoms with Crippen LogP contribution in [-0.4, -0.2) is 4.57 Å². The molecule has 0 atom stereocenters. The summed E-state index contributed by atoms with van der Waals surface area (Å²) >= 11 is 0. The smallest absolute Gasteiger partial charge is 0.0782 e. The van der Waals surface area contributed by atoms with Crippen molar-refractivity contribution in [3.63, 3.8) is 0 Å². The first-order valence-corrected chi connectivity index (χ1v) is 17.1. The van der Waals surface area contributed by atoms with Crippen LogP contribution in [0.3, 0.4) is 0 Å². The molecule has 0 amide bonds. The van der Waals surface area contributed by atoms with Gasteiger partial charge in [-0.15, -0.1) is 0 Å². The summed E-state index contributed by atoms with van der Waals surface area (Å²) < 4.78 is 2.44. The quantitative estimate of drug-likeness (QED) is 0.169. The van der Waals surface area contributed by atoms with Gasteiger partial charge in [-0.3, -0.25) is 0 Å². The lowest BCUT2D eigenvalue weighted by Gasteiger charge is -2.28. The molecule has 0 aliphatic carbocycles. The Balaban J connectivity index is 1.34. The fourth-order valence-corrected chi connectivity index (χ4v) is 7.30. The zero-order valence-corrected chi connectivity index (χ0v) is 27.5. The Kier molecular flexibility index (Phi) is 7.53. The third-order valence-corrected chi connectivity index (χ3v) is 9.58. The maximum absolute atomic E-state index is 2.44. The van der Waals surface area contributed by atoms with Crippen LogP contribution in [0.2, 0.25) is 0 Å². The van der Waals surface area contributed by atoms with Crippen LogP contribution in [0.4, 0.5) is 17.1 Å². The summed E-state index contributed by atoms with van der Waals surface area (Å²) in [5.41, 5.74) is 14.0. The van der Waals surface area contributed by atoms with Crippen LogP contribution in [0.1, 0.15) is 0 Å². The molecule has 0 spiro atoms. The second-order valence-corrected chi connectivity index (χ2v) is 12.6. The van der Waals surface area contributed by atoms with Crippen LogP contribution in [0.25, 0.3) is 60.9 Å². The highest BCUT2D eigenvalue weighted by Crippen LogP contribution is 2.46. The van der Waals surface area contributed by atoms with Gasteiger partial charge >= 0.3 is 0 Å². The Morgan fingerprint density at radius 2 is 0.900 bits per heavy atom. The van der Waals surface area contributed by atoms with Gasteiger partial charge in [0.05, 0.1) is 16.7 Å². The molecule has 236 valence electrons. The number of hydrogen-bond acceptors (Lipinski definition) is 1. The summed E-state index contributed by atoms with van der Waals surface area (Å²) in [5, 5.41) is 2.46. The summed E-state index contributed by atoms with van der Waals surface area (Å²) in [6.07, 6.45) is 0. The molecule has 2 nitrogen and oxygen atoms in total. The standard InChI is InChI=1S/C48H34N2/c1-5-16-35(17-6-1)37-30-32-41(33-31-37)49(42-25-13-22-39(34-42)36-18-7-2-8-19-36)46-29-15-27-44-47-43(38-20-9-3-10-21-38)26-14-28-45(47)50(48(44)46)40-23-11-4-12-24-40/h1-34H. The van der Waals surface area contributed by atoms with Gasteiger partial charge in [-0.1, -0.05) is 158 Å². The molecule has 1 aromatic heterocycles. The summed E-state index contributed by atoms with van der Waals surface area (Å²) in [4.78, 5) is 2.42. The van der Waals surface area contributed by atoms with Crippen molar-refractivity contribution in [1.29, 1.82) is 0 Å². The average Bonchev–Trinajstić information content (AvgIpc) is 3.55. The lowest BCUT2D eigenvalue weighted by atomic mass is 9.99. The number of aromatic nitrogens is 1. The minimum atomic E-state index is 1.09. The van der Waals surface area contributed by atoms with Crippen LogP contribution >= 0.6 is 0 Å². The van der Waals surface area contributed by atoms with Gasteiger partial charge < -0.3 is 9.47 Å². The van der Waals surface area contributed by atoms with Crippen molar-refractivity contribution in [3.8, 4) is 39.1 Å². The van der Waals surface area contributed by atoms with E-state index < -0.39 is 0 Å². The largest absolute Gasteiger partial charge is 0.308 e. The monoisotopic (exact) mass is 638 g/mol. The van der Waals surface area contributed by atoms with Crippen molar-refractivity contribution in [2.45, 2.75) is 0 Å². The number of hydrogen-bond donors (Lipinski definition) is 0. The maximum atomic E-state index is 2.44. The van der Waals surface area contributed by atoms with E-state index in [1.54, 1.807) is 0 Å². The second-order valence-electron chi connectivity index (χ2n) is 12.6. The minimum absolute atomic E-state index is 1.09. The first-order valence-electron chi connectivity index (χ1n) is 17.1. The summed E-state index contributed by atoms with van der Waals surface area (Å²) in [5.74, 6) is 0. The normalized spacial score (nSPS) is 11.2. The minimum Gasteiger partial charge on any atom is -0.308 e. The molecule has 8 aromatic carbocycles. The van der Waals surface area contributed by atoms with E-state index >= 15 is 0 Å². The zero-order chi connectivity index (χ0) is 33.3. The zero-order valence-electron chi connectivity index (χ0n) is 27.5. The molecule has 2 heteroatoms. The topological polar surface area (TPSA) is 8.17 Å². The van der Waals surface area contributed by atoms with Gasteiger partial charge in [0.2, 0.25) is 0 Å². The second kappa shape index (κ2) is 12.8. The molecular weight excluding hydrogens is 605 g/mol. The van der Waals surface area contributed by atoms with E-state index in [0.29, 0.717) is 0 Å². The van der Waals surface area contributed by atoms with E-state index in [1.165, 1.54) is 49.7 Å². The number of para-hydroxylation sites is 2. The maximum Gasteiger partial charge on any atom is 0.0782 e. The molecule has 9 aromatic rings. The van der Waals surface area contributed by atoms with Gasteiger partial charge in [0.1, 0.15) is 0 Å². The van der Waals surface area contributed by atoms with E-state index in [9.17, 15) is 0 Å². The van der Waals surface area contributed by atoms with Crippen molar-refractivity contribution in [2.24, 2.45) is 0 Å². The lowest BCUT2D eigenvalue weighted by Crippen LogP contribution is -2.11. The highest BCUT2D eigenvalue weighted by atomic mass is 15.2. The van der Waals surface area contributed by atoms with Crippen molar-refractivity contribution >= 4 is 38.9 Å². The first kappa shape index (κ1) is 29.5. The van der Waals surface area contributed by atoms with E-state index in [0.717, 1.165) is 28.3 Å². The predicted octanol–water partition coefficient (Wildman–Crippen LogP) is 13.3. The van der Waals surface area contributed by atoms with Crippen molar-refractivity contribution in [3.05, 3.63) is 206 Å². The van der Waals surface area contributed by atoms with Crippen molar-refractivity contribution in [2.75, 3.05) is 4.90 Å². The van der Waals surface area contributed by atoms with Gasteiger partial charge in [0.15, 0.2) is 0 Å². The van der Waals surface area contributed by atoms with Crippen LogP contribution in [-0.2, 0) is 0 Å². The molecule has 0 aliphatic rings. The van der Waals surface area contributed by atoms with Gasteiger partial charge in [0, 0.05) is 27.8 Å². The molecule has 0 unspecified atom stereocenters. The predicted molar refractivity (Wildman–Crippen MR) is 212 cm³/mol. The van der Waals surface area contributed by atoms with E-state index in [4.69, 9.17) is 0 Å². The Morgan fingerprint density at radius 1 is 0.360 bits per heavy atom. The Hall–Kier alpha value is -6.64. The fourth-order valence-electron chi connectivity index (χ4n) is 7.30. The molecule has 0 saturated carbocycles. The van der Waals surface area contributed by atoms with E-state index in [1.807, 2.05) is 0 Å². The summed E-state index contributed by atoms with van der Waals surface area (Å²) in [6, 6.07) is 74.0. The number of nitrogens with zero attached hydrogens (tertiary/aromatic N) is 2. The number of benzene rings is 8. The first-order chi connectivity index (χ1) is 24.8. The van der Waals surface area contributed by atoms with E-state index in [-0.39, 0.29) is 0 Å². The van der Waals surface area contributed by atoms with Crippen LogP contribution in [0.15, 0.2) is 206 Å². The molecule has 50 heavy (non-hydrogen) atoms. The molecule has 0 bridgehead atoms. The van der Waals surface area contributed by atoms with Gasteiger partial charge in [-0.25, -0.2) is 0 Å². The van der Waals surface area contributed by atoms with Crippen molar-refractivity contribution in [1.82, 2.24) is 4.57 Å². The number of fused-ring (bicyclic) bond motifs is 3. The molecule has 1 heterocycles. The lowest BCUT2D eigenvalue weighted by molar-refractivity contribution is 1.17. The molecule has 0 aliphatic heterocycles.